The summed E-state index contributed by atoms with van der Waals surface area (Å²) < 4.78 is 16.6. The molecule has 2 heterocycles. The molecule has 3 heteroatoms. The predicted molar refractivity (Wildman–Crippen MR) is 83.8 cm³/mol. The molecule has 1 atom stereocenters. The number of nitrogens with zero attached hydrogens (tertiary/aromatic N) is 2. The highest BCUT2D eigenvalue weighted by Gasteiger charge is 2.28. The van der Waals surface area contributed by atoms with Gasteiger partial charge in [-0.15, -0.1) is 0 Å². The van der Waals surface area contributed by atoms with Gasteiger partial charge in [0, 0.05) is 30.5 Å². The predicted octanol–water partition coefficient (Wildman–Crippen LogP) is 4.22. The van der Waals surface area contributed by atoms with E-state index in [9.17, 15) is 4.39 Å². The van der Waals surface area contributed by atoms with E-state index in [2.05, 4.69) is 34.7 Å². The normalized spacial score (nSPS) is 19.2. The summed E-state index contributed by atoms with van der Waals surface area (Å²) in [4.78, 5) is 2.45. The van der Waals surface area contributed by atoms with E-state index in [1.54, 1.807) is 12.1 Å². The highest BCUT2D eigenvalue weighted by atomic mass is 19.1. The summed E-state index contributed by atoms with van der Waals surface area (Å²) in [5.74, 6) is -0.0985. The number of rotatable bonds is 4. The van der Waals surface area contributed by atoms with Crippen LogP contribution >= 0.6 is 0 Å². The molecule has 1 aliphatic rings. The molecule has 0 unspecified atom stereocenters. The minimum atomic E-state index is -0.0985. The van der Waals surface area contributed by atoms with Crippen molar-refractivity contribution in [3.05, 3.63) is 59.7 Å². The topological polar surface area (TPSA) is 8.17 Å². The molecule has 0 fully saturated rings. The lowest BCUT2D eigenvalue weighted by atomic mass is 10.0. The summed E-state index contributed by atoms with van der Waals surface area (Å²) in [5.41, 5.74) is 2.02. The van der Waals surface area contributed by atoms with E-state index in [1.165, 1.54) is 12.1 Å². The zero-order chi connectivity index (χ0) is 14.7. The van der Waals surface area contributed by atoms with Crippen LogP contribution in [0.4, 0.5) is 4.39 Å². The maximum Gasteiger partial charge on any atom is 0.128 e. The molecule has 21 heavy (non-hydrogen) atoms. The first kappa shape index (κ1) is 14.3. The fourth-order valence-electron chi connectivity index (χ4n) is 3.29. The maximum atomic E-state index is 14.4. The third-order valence-corrected chi connectivity index (χ3v) is 4.35. The molecule has 0 saturated heterocycles. The Labute approximate surface area is 126 Å². The second-order valence-corrected chi connectivity index (χ2v) is 5.79. The van der Waals surface area contributed by atoms with Gasteiger partial charge in [-0.25, -0.2) is 4.39 Å². The van der Waals surface area contributed by atoms with E-state index in [-0.39, 0.29) is 11.9 Å². The summed E-state index contributed by atoms with van der Waals surface area (Å²) in [7, 11) is 0. The second-order valence-electron chi connectivity index (χ2n) is 5.79. The first-order valence-corrected chi connectivity index (χ1v) is 7.94. The zero-order valence-electron chi connectivity index (χ0n) is 12.6. The molecular weight excluding hydrogens is 263 g/mol. The first-order chi connectivity index (χ1) is 10.3. The van der Waals surface area contributed by atoms with Gasteiger partial charge in [-0.1, -0.05) is 31.5 Å². The molecule has 1 aromatic heterocycles. The largest absolute Gasteiger partial charge is 0.350 e. The van der Waals surface area contributed by atoms with Gasteiger partial charge < -0.3 is 4.57 Å². The maximum absolute atomic E-state index is 14.4. The van der Waals surface area contributed by atoms with Gasteiger partial charge in [-0.2, -0.15) is 0 Å². The average Bonchev–Trinajstić information content (AvgIpc) is 2.88. The SMILES string of the molecule is CCCCN1CCCn2cccc2[C@H]1c1ccccc1F. The standard InChI is InChI=1S/C18H23FN2/c1-2-3-11-21-14-7-13-20-12-6-10-17(20)18(21)15-8-4-5-9-16(15)19/h4-6,8-10,12,18H,2-3,7,11,13-14H2,1H3/t18-/m1/s1. The molecule has 0 spiro atoms. The Hall–Kier alpha value is -1.61. The quantitative estimate of drug-likeness (QED) is 0.817. The Balaban J connectivity index is 2.03. The number of hydrogen-bond acceptors (Lipinski definition) is 1. The van der Waals surface area contributed by atoms with Crippen LogP contribution in [0.15, 0.2) is 42.6 Å². The second kappa shape index (κ2) is 6.44. The van der Waals surface area contributed by atoms with Crippen molar-refractivity contribution in [2.45, 2.75) is 38.8 Å². The third kappa shape index (κ3) is 2.88. The number of unbranched alkanes of at least 4 members (excludes halogenated alkanes) is 1. The number of aryl methyl sites for hydroxylation is 1. The first-order valence-electron chi connectivity index (χ1n) is 7.94. The van der Waals surface area contributed by atoms with Crippen LogP contribution in [-0.4, -0.2) is 22.6 Å². The molecule has 1 aromatic carbocycles. The van der Waals surface area contributed by atoms with Crippen molar-refractivity contribution in [1.82, 2.24) is 9.47 Å². The molecule has 0 radical (unpaired) electrons. The van der Waals surface area contributed by atoms with Gasteiger partial charge >= 0.3 is 0 Å². The number of benzene rings is 1. The molecule has 0 amide bonds. The van der Waals surface area contributed by atoms with E-state index < -0.39 is 0 Å². The van der Waals surface area contributed by atoms with Crippen molar-refractivity contribution in [3.63, 3.8) is 0 Å². The van der Waals surface area contributed by atoms with Crippen LogP contribution in [0.3, 0.4) is 0 Å². The van der Waals surface area contributed by atoms with Crippen molar-refractivity contribution >= 4 is 0 Å². The lowest BCUT2D eigenvalue weighted by Gasteiger charge is -2.30. The highest BCUT2D eigenvalue weighted by molar-refractivity contribution is 5.30. The van der Waals surface area contributed by atoms with Crippen LogP contribution in [-0.2, 0) is 6.54 Å². The van der Waals surface area contributed by atoms with Gasteiger partial charge in [0.15, 0.2) is 0 Å². The Kier molecular flexibility index (Phi) is 4.39. The van der Waals surface area contributed by atoms with Crippen LogP contribution in [0.5, 0.6) is 0 Å². The Morgan fingerprint density at radius 2 is 2.00 bits per heavy atom. The molecule has 2 aromatic rings. The Bertz CT molecular complexity index is 590. The molecule has 2 nitrogen and oxygen atoms in total. The molecule has 0 bridgehead atoms. The smallest absolute Gasteiger partial charge is 0.128 e. The van der Waals surface area contributed by atoms with Crippen molar-refractivity contribution in [1.29, 1.82) is 0 Å². The minimum Gasteiger partial charge on any atom is -0.350 e. The van der Waals surface area contributed by atoms with Gasteiger partial charge in [0.1, 0.15) is 5.82 Å². The summed E-state index contributed by atoms with van der Waals surface area (Å²) in [6.07, 6.45) is 5.57. The van der Waals surface area contributed by atoms with Crippen molar-refractivity contribution < 1.29 is 4.39 Å². The lowest BCUT2D eigenvalue weighted by molar-refractivity contribution is 0.222. The van der Waals surface area contributed by atoms with E-state index in [0.717, 1.165) is 38.0 Å². The molecule has 3 rings (SSSR count). The van der Waals surface area contributed by atoms with Gasteiger partial charge in [0.05, 0.1) is 6.04 Å². The van der Waals surface area contributed by atoms with Crippen LogP contribution < -0.4 is 0 Å². The minimum absolute atomic E-state index is 0.0373. The van der Waals surface area contributed by atoms with E-state index >= 15 is 0 Å². The van der Waals surface area contributed by atoms with Crippen LogP contribution in [0.1, 0.15) is 43.5 Å². The number of hydrogen-bond donors (Lipinski definition) is 0. The summed E-state index contributed by atoms with van der Waals surface area (Å²) in [5, 5.41) is 0. The molecule has 0 saturated carbocycles. The van der Waals surface area contributed by atoms with Crippen molar-refractivity contribution in [2.75, 3.05) is 13.1 Å². The van der Waals surface area contributed by atoms with Gasteiger partial charge in [-0.05, 0) is 37.6 Å². The monoisotopic (exact) mass is 286 g/mol. The molecule has 112 valence electrons. The van der Waals surface area contributed by atoms with E-state index in [1.807, 2.05) is 12.1 Å². The van der Waals surface area contributed by atoms with Crippen LogP contribution in [0, 0.1) is 5.82 Å². The van der Waals surface area contributed by atoms with Gasteiger partial charge in [0.2, 0.25) is 0 Å². The molecule has 0 aliphatic carbocycles. The Morgan fingerprint density at radius 1 is 1.14 bits per heavy atom. The zero-order valence-corrected chi connectivity index (χ0v) is 12.6. The number of halogens is 1. The van der Waals surface area contributed by atoms with Gasteiger partial charge in [0.25, 0.3) is 0 Å². The lowest BCUT2D eigenvalue weighted by Crippen LogP contribution is -2.31. The summed E-state index contributed by atoms with van der Waals surface area (Å²) in [6, 6.07) is 11.5. The number of fused-ring (bicyclic) bond motifs is 1. The molecular formula is C18H23FN2. The van der Waals surface area contributed by atoms with Crippen molar-refractivity contribution in [2.24, 2.45) is 0 Å². The van der Waals surface area contributed by atoms with Crippen molar-refractivity contribution in [3.8, 4) is 0 Å². The van der Waals surface area contributed by atoms with E-state index in [0.29, 0.717) is 0 Å². The van der Waals surface area contributed by atoms with E-state index in [4.69, 9.17) is 0 Å². The van der Waals surface area contributed by atoms with Crippen LogP contribution in [0.2, 0.25) is 0 Å². The molecule has 0 N–H and O–H groups in total. The van der Waals surface area contributed by atoms with Crippen LogP contribution in [0.25, 0.3) is 0 Å². The Morgan fingerprint density at radius 3 is 2.81 bits per heavy atom. The summed E-state index contributed by atoms with van der Waals surface area (Å²) in [6.45, 7) is 5.29. The average molecular weight is 286 g/mol. The fraction of sp³-hybridized carbons (Fsp3) is 0.444. The van der Waals surface area contributed by atoms with Gasteiger partial charge in [-0.3, -0.25) is 4.90 Å². The summed E-state index contributed by atoms with van der Waals surface area (Å²) >= 11 is 0. The third-order valence-electron chi connectivity index (χ3n) is 4.35. The highest BCUT2D eigenvalue weighted by Crippen LogP contribution is 2.33. The fourth-order valence-corrected chi connectivity index (χ4v) is 3.29. The molecule has 1 aliphatic heterocycles. The number of aromatic nitrogens is 1.